The van der Waals surface area contributed by atoms with Crippen molar-refractivity contribution in [1.82, 2.24) is 0 Å². The number of rotatable bonds is 4. The molecule has 2 aromatic carbocycles. The quantitative estimate of drug-likeness (QED) is 0.801. The van der Waals surface area contributed by atoms with Gasteiger partial charge in [0.1, 0.15) is 11.6 Å². The van der Waals surface area contributed by atoms with Crippen LogP contribution in [0.4, 0.5) is 13.2 Å². The molecule has 104 valence electrons. The van der Waals surface area contributed by atoms with Gasteiger partial charge >= 0.3 is 0 Å². The van der Waals surface area contributed by atoms with Crippen molar-refractivity contribution in [3.63, 3.8) is 0 Å². The van der Waals surface area contributed by atoms with E-state index in [1.165, 1.54) is 25.3 Å². The van der Waals surface area contributed by atoms with E-state index in [1.54, 1.807) is 0 Å². The van der Waals surface area contributed by atoms with Crippen molar-refractivity contribution >= 4 is 5.78 Å². The Morgan fingerprint density at radius 2 is 1.70 bits per heavy atom. The van der Waals surface area contributed by atoms with Crippen LogP contribution in [0.2, 0.25) is 0 Å². The molecular formula is C15H11F3O2. The van der Waals surface area contributed by atoms with Crippen molar-refractivity contribution in [3.8, 4) is 5.75 Å². The number of carbonyl (C=O) groups is 1. The number of carbonyl (C=O) groups excluding carboxylic acids is 1. The van der Waals surface area contributed by atoms with Gasteiger partial charge in [-0.25, -0.2) is 13.2 Å². The summed E-state index contributed by atoms with van der Waals surface area (Å²) in [5, 5.41) is 0. The zero-order chi connectivity index (χ0) is 14.7. The topological polar surface area (TPSA) is 26.3 Å². The first-order valence-corrected chi connectivity index (χ1v) is 5.82. The lowest BCUT2D eigenvalue weighted by Crippen LogP contribution is -2.08. The fourth-order valence-corrected chi connectivity index (χ4v) is 1.80. The third kappa shape index (κ3) is 2.82. The Kier molecular flexibility index (Phi) is 4.08. The van der Waals surface area contributed by atoms with Gasteiger partial charge in [-0.05, 0) is 30.3 Å². The zero-order valence-electron chi connectivity index (χ0n) is 10.6. The molecule has 0 saturated heterocycles. The Hall–Kier alpha value is -2.30. The van der Waals surface area contributed by atoms with E-state index >= 15 is 0 Å². The third-order valence-electron chi connectivity index (χ3n) is 2.87. The Bertz CT molecular complexity index is 633. The minimum Gasteiger partial charge on any atom is -0.494 e. The summed E-state index contributed by atoms with van der Waals surface area (Å²) in [6, 6.07) is 6.91. The van der Waals surface area contributed by atoms with Crippen molar-refractivity contribution in [2.45, 2.75) is 6.42 Å². The molecule has 0 aromatic heterocycles. The summed E-state index contributed by atoms with van der Waals surface area (Å²) in [7, 11) is 1.27. The number of halogens is 3. The first-order valence-electron chi connectivity index (χ1n) is 5.82. The standard InChI is InChI=1S/C15H11F3O2/c1-20-15-7-9(5-6-13(15)18)14(19)8-10-11(16)3-2-4-12(10)17/h2-7H,8H2,1H3. The molecule has 0 radical (unpaired) electrons. The monoisotopic (exact) mass is 280 g/mol. The molecule has 0 spiro atoms. The van der Waals surface area contributed by atoms with Crippen LogP contribution in [0.25, 0.3) is 0 Å². The SMILES string of the molecule is COc1cc(C(=O)Cc2c(F)cccc2F)ccc1F. The normalized spacial score (nSPS) is 10.4. The number of benzene rings is 2. The minimum atomic E-state index is -0.785. The lowest BCUT2D eigenvalue weighted by molar-refractivity contribution is 0.0990. The predicted molar refractivity (Wildman–Crippen MR) is 67.3 cm³/mol. The second-order valence-corrected chi connectivity index (χ2v) is 4.15. The van der Waals surface area contributed by atoms with Gasteiger partial charge in [0.25, 0.3) is 0 Å². The van der Waals surface area contributed by atoms with Crippen LogP contribution in [0.15, 0.2) is 36.4 Å². The summed E-state index contributed by atoms with van der Waals surface area (Å²) in [4.78, 5) is 12.0. The van der Waals surface area contributed by atoms with Gasteiger partial charge in [-0.15, -0.1) is 0 Å². The molecule has 20 heavy (non-hydrogen) atoms. The van der Waals surface area contributed by atoms with Gasteiger partial charge in [0.2, 0.25) is 0 Å². The van der Waals surface area contributed by atoms with E-state index in [-0.39, 0.29) is 16.9 Å². The highest BCUT2D eigenvalue weighted by molar-refractivity contribution is 5.97. The molecule has 2 rings (SSSR count). The highest BCUT2D eigenvalue weighted by atomic mass is 19.1. The summed E-state index contributed by atoms with van der Waals surface area (Å²) >= 11 is 0. The van der Waals surface area contributed by atoms with Crippen LogP contribution in [0.5, 0.6) is 5.75 Å². The number of ketones is 1. The van der Waals surface area contributed by atoms with Gasteiger partial charge in [-0.1, -0.05) is 6.07 Å². The Balaban J connectivity index is 2.29. The van der Waals surface area contributed by atoms with Crippen molar-refractivity contribution < 1.29 is 22.7 Å². The first kappa shape index (κ1) is 14.1. The second-order valence-electron chi connectivity index (χ2n) is 4.15. The van der Waals surface area contributed by atoms with Crippen LogP contribution in [-0.2, 0) is 6.42 Å². The first-order chi connectivity index (χ1) is 9.52. The maximum atomic E-state index is 13.5. The molecule has 0 bridgehead atoms. The fourth-order valence-electron chi connectivity index (χ4n) is 1.80. The molecule has 0 amide bonds. The van der Waals surface area contributed by atoms with Gasteiger partial charge in [0, 0.05) is 17.5 Å². The van der Waals surface area contributed by atoms with Crippen LogP contribution in [-0.4, -0.2) is 12.9 Å². The van der Waals surface area contributed by atoms with Crippen LogP contribution in [0.3, 0.4) is 0 Å². The number of Topliss-reactive ketones (excluding diaryl/α,β-unsaturated/α-hetero) is 1. The van der Waals surface area contributed by atoms with E-state index in [2.05, 4.69) is 0 Å². The predicted octanol–water partition coefficient (Wildman–Crippen LogP) is 3.54. The van der Waals surface area contributed by atoms with E-state index in [9.17, 15) is 18.0 Å². The molecule has 0 aliphatic rings. The summed E-state index contributed by atoms with van der Waals surface area (Å²) in [5.74, 6) is -2.79. The highest BCUT2D eigenvalue weighted by Crippen LogP contribution is 2.21. The number of methoxy groups -OCH3 is 1. The zero-order valence-corrected chi connectivity index (χ0v) is 10.6. The largest absolute Gasteiger partial charge is 0.494 e. The van der Waals surface area contributed by atoms with E-state index in [4.69, 9.17) is 4.74 Å². The Morgan fingerprint density at radius 1 is 1.05 bits per heavy atom. The molecule has 0 heterocycles. The maximum absolute atomic E-state index is 13.5. The van der Waals surface area contributed by atoms with Gasteiger partial charge in [0.15, 0.2) is 17.3 Å². The van der Waals surface area contributed by atoms with Gasteiger partial charge in [0.05, 0.1) is 7.11 Å². The fraction of sp³-hybridized carbons (Fsp3) is 0.133. The van der Waals surface area contributed by atoms with Crippen LogP contribution in [0.1, 0.15) is 15.9 Å². The smallest absolute Gasteiger partial charge is 0.167 e. The average Bonchev–Trinajstić information content (AvgIpc) is 2.43. The van der Waals surface area contributed by atoms with Crippen LogP contribution in [0, 0.1) is 17.5 Å². The molecule has 2 nitrogen and oxygen atoms in total. The minimum absolute atomic E-state index is 0.0927. The lowest BCUT2D eigenvalue weighted by Gasteiger charge is -2.07. The highest BCUT2D eigenvalue weighted by Gasteiger charge is 2.16. The summed E-state index contributed by atoms with van der Waals surface area (Å²) < 4.78 is 44.9. The van der Waals surface area contributed by atoms with Crippen molar-refractivity contribution in [2.24, 2.45) is 0 Å². The van der Waals surface area contributed by atoms with E-state index in [1.807, 2.05) is 0 Å². The number of ether oxygens (including phenoxy) is 1. The molecular weight excluding hydrogens is 269 g/mol. The van der Waals surface area contributed by atoms with Crippen LogP contribution >= 0.6 is 0 Å². The van der Waals surface area contributed by atoms with Crippen molar-refractivity contribution in [1.29, 1.82) is 0 Å². The van der Waals surface area contributed by atoms with Gasteiger partial charge < -0.3 is 4.74 Å². The van der Waals surface area contributed by atoms with Gasteiger partial charge in [-0.3, -0.25) is 4.79 Å². The Labute approximate surface area is 113 Å². The summed E-state index contributed by atoms with van der Waals surface area (Å²) in [6.07, 6.45) is -0.437. The average molecular weight is 280 g/mol. The number of hydrogen-bond acceptors (Lipinski definition) is 2. The molecule has 2 aromatic rings. The second kappa shape index (κ2) is 5.77. The Morgan fingerprint density at radius 3 is 2.30 bits per heavy atom. The molecule has 0 saturated carbocycles. The molecule has 0 fully saturated rings. The molecule has 0 aliphatic heterocycles. The molecule has 5 heteroatoms. The van der Waals surface area contributed by atoms with E-state index in [0.717, 1.165) is 18.2 Å². The van der Waals surface area contributed by atoms with Gasteiger partial charge in [-0.2, -0.15) is 0 Å². The number of hydrogen-bond donors (Lipinski definition) is 0. The van der Waals surface area contributed by atoms with Crippen molar-refractivity contribution in [2.75, 3.05) is 7.11 Å². The third-order valence-corrected chi connectivity index (χ3v) is 2.87. The summed E-state index contributed by atoms with van der Waals surface area (Å²) in [6.45, 7) is 0. The molecule has 0 aliphatic carbocycles. The van der Waals surface area contributed by atoms with E-state index in [0.29, 0.717) is 0 Å². The lowest BCUT2D eigenvalue weighted by atomic mass is 10.0. The van der Waals surface area contributed by atoms with Crippen molar-refractivity contribution in [3.05, 3.63) is 65.0 Å². The molecule has 0 unspecified atom stereocenters. The maximum Gasteiger partial charge on any atom is 0.167 e. The summed E-state index contributed by atoms with van der Waals surface area (Å²) in [5.41, 5.74) is -0.174. The molecule has 0 atom stereocenters. The molecule has 0 N–H and O–H groups in total. The van der Waals surface area contributed by atoms with E-state index < -0.39 is 29.7 Å². The van der Waals surface area contributed by atoms with Crippen LogP contribution < -0.4 is 4.74 Å².